The van der Waals surface area contributed by atoms with Crippen LogP contribution in [0.1, 0.15) is 1.43 Å². The SMILES string of the molecule is COC(=O)CS(=O)(=O)O.[H-].[Na+]. The van der Waals surface area contributed by atoms with Crippen molar-refractivity contribution in [3.8, 4) is 0 Å². The van der Waals surface area contributed by atoms with Gasteiger partial charge in [-0.25, -0.2) is 0 Å². The van der Waals surface area contributed by atoms with Crippen LogP contribution < -0.4 is 29.6 Å². The van der Waals surface area contributed by atoms with Crippen molar-refractivity contribution in [3.05, 3.63) is 0 Å². The van der Waals surface area contributed by atoms with Gasteiger partial charge >= 0.3 is 35.5 Å². The van der Waals surface area contributed by atoms with Gasteiger partial charge in [0.05, 0.1) is 7.11 Å². The van der Waals surface area contributed by atoms with Crippen LogP contribution in [0.25, 0.3) is 0 Å². The van der Waals surface area contributed by atoms with Gasteiger partial charge in [0.15, 0.2) is 5.75 Å². The maximum atomic E-state index is 10.1. The minimum atomic E-state index is -4.21. The Morgan fingerprint density at radius 1 is 1.70 bits per heavy atom. The minimum Gasteiger partial charge on any atom is -1.00 e. The Morgan fingerprint density at radius 2 is 2.10 bits per heavy atom. The normalized spacial score (nSPS) is 9.80. The standard InChI is InChI=1S/C3H6O5S.Na.H/c1-8-3(4)2-9(5,6)7;;/h2H2,1H3,(H,5,6,7);;/q;+1;-1. The maximum absolute atomic E-state index is 10.1. The van der Waals surface area contributed by atoms with E-state index < -0.39 is 21.8 Å². The molecule has 0 fully saturated rings. The minimum absolute atomic E-state index is 0. The summed E-state index contributed by atoms with van der Waals surface area (Å²) in [6.45, 7) is 0. The number of hydrogen-bond acceptors (Lipinski definition) is 4. The molecule has 0 bridgehead atoms. The fourth-order valence-corrected chi connectivity index (χ4v) is 0.624. The van der Waals surface area contributed by atoms with E-state index in [4.69, 9.17) is 4.55 Å². The van der Waals surface area contributed by atoms with Crippen LogP contribution in [0.2, 0.25) is 0 Å². The zero-order valence-corrected chi connectivity index (χ0v) is 8.51. The van der Waals surface area contributed by atoms with E-state index in [1.54, 1.807) is 0 Å². The number of rotatable bonds is 2. The molecule has 0 aliphatic carbocycles. The average molecular weight is 178 g/mol. The average Bonchev–Trinajstić information content (AvgIpc) is 1.62. The Bertz CT molecular complexity index is 200. The van der Waals surface area contributed by atoms with Crippen LogP contribution in [0.4, 0.5) is 0 Å². The van der Waals surface area contributed by atoms with Crippen molar-refractivity contribution in [3.63, 3.8) is 0 Å². The van der Waals surface area contributed by atoms with E-state index in [1.165, 1.54) is 0 Å². The van der Waals surface area contributed by atoms with E-state index in [9.17, 15) is 13.2 Å². The summed E-state index contributed by atoms with van der Waals surface area (Å²) in [5.41, 5.74) is 0. The largest absolute Gasteiger partial charge is 1.00 e. The Labute approximate surface area is 82.3 Å². The summed E-state index contributed by atoms with van der Waals surface area (Å²) in [7, 11) is -3.17. The summed E-state index contributed by atoms with van der Waals surface area (Å²) in [4.78, 5) is 10.1. The molecule has 0 aliphatic heterocycles. The fourth-order valence-electron chi connectivity index (χ4n) is 0.208. The summed E-state index contributed by atoms with van der Waals surface area (Å²) in [6.07, 6.45) is 0. The van der Waals surface area contributed by atoms with E-state index in [-0.39, 0.29) is 31.0 Å². The van der Waals surface area contributed by atoms with E-state index in [2.05, 4.69) is 4.74 Å². The first-order valence-electron chi connectivity index (χ1n) is 1.97. The van der Waals surface area contributed by atoms with Crippen LogP contribution in [-0.2, 0) is 19.6 Å². The summed E-state index contributed by atoms with van der Waals surface area (Å²) < 4.78 is 31.6. The number of methoxy groups -OCH3 is 1. The van der Waals surface area contributed by atoms with E-state index in [0.29, 0.717) is 0 Å². The van der Waals surface area contributed by atoms with Gasteiger partial charge in [-0.05, 0) is 0 Å². The zero-order chi connectivity index (χ0) is 7.49. The maximum Gasteiger partial charge on any atom is 1.00 e. The van der Waals surface area contributed by atoms with Crippen molar-refractivity contribution < 1.29 is 53.5 Å². The van der Waals surface area contributed by atoms with Crippen molar-refractivity contribution in [2.45, 2.75) is 0 Å². The number of hydrogen-bond donors (Lipinski definition) is 1. The van der Waals surface area contributed by atoms with Crippen molar-refractivity contribution in [1.82, 2.24) is 0 Å². The Balaban J connectivity index is -0.000000320. The van der Waals surface area contributed by atoms with Crippen molar-refractivity contribution >= 4 is 16.1 Å². The second-order valence-corrected chi connectivity index (χ2v) is 2.75. The van der Waals surface area contributed by atoms with Crippen molar-refractivity contribution in [2.24, 2.45) is 0 Å². The van der Waals surface area contributed by atoms with Gasteiger partial charge in [0.2, 0.25) is 0 Å². The fraction of sp³-hybridized carbons (Fsp3) is 0.667. The van der Waals surface area contributed by atoms with Gasteiger partial charge in [0.1, 0.15) is 0 Å². The topological polar surface area (TPSA) is 80.7 Å². The molecule has 0 heterocycles. The van der Waals surface area contributed by atoms with Gasteiger partial charge in [-0.1, -0.05) is 0 Å². The molecule has 0 saturated heterocycles. The third-order valence-electron chi connectivity index (χ3n) is 0.528. The Kier molecular flexibility index (Phi) is 6.61. The summed E-state index contributed by atoms with van der Waals surface area (Å²) in [5, 5.41) is 0. The van der Waals surface area contributed by atoms with Crippen LogP contribution in [0.15, 0.2) is 0 Å². The van der Waals surface area contributed by atoms with Gasteiger partial charge in [0, 0.05) is 0 Å². The summed E-state index contributed by atoms with van der Waals surface area (Å²) in [6, 6.07) is 0. The molecule has 0 aromatic carbocycles. The molecule has 0 aromatic rings. The second-order valence-electron chi connectivity index (χ2n) is 1.30. The molecule has 1 N–H and O–H groups in total. The van der Waals surface area contributed by atoms with Gasteiger partial charge in [0.25, 0.3) is 10.1 Å². The summed E-state index contributed by atoms with van der Waals surface area (Å²) >= 11 is 0. The first-order chi connectivity index (χ1) is 3.95. The Hall–Kier alpha value is 0.380. The van der Waals surface area contributed by atoms with E-state index >= 15 is 0 Å². The van der Waals surface area contributed by atoms with Gasteiger partial charge < -0.3 is 6.16 Å². The molecule has 7 heteroatoms. The molecule has 0 aromatic heterocycles. The molecule has 0 aliphatic rings. The monoisotopic (exact) mass is 178 g/mol. The van der Waals surface area contributed by atoms with Gasteiger partial charge in [-0.15, -0.1) is 0 Å². The quantitative estimate of drug-likeness (QED) is 0.266. The molecule has 10 heavy (non-hydrogen) atoms. The summed E-state index contributed by atoms with van der Waals surface area (Å²) in [5.74, 6) is -1.96. The molecule has 0 unspecified atom stereocenters. The number of carbonyl (C=O) groups is 1. The smallest absolute Gasteiger partial charge is 1.00 e. The van der Waals surface area contributed by atoms with Crippen LogP contribution in [0.5, 0.6) is 0 Å². The molecular weight excluding hydrogens is 171 g/mol. The van der Waals surface area contributed by atoms with Crippen LogP contribution in [0.3, 0.4) is 0 Å². The zero-order valence-electron chi connectivity index (χ0n) is 6.70. The molecule has 0 rings (SSSR count). The third-order valence-corrected chi connectivity index (χ3v) is 1.13. The molecular formula is C3H7NaO5S. The molecule has 0 atom stereocenters. The first kappa shape index (κ1) is 13.0. The number of carbonyl (C=O) groups excluding carboxylic acids is 1. The predicted octanol–water partition coefficient (Wildman–Crippen LogP) is -3.84. The molecule has 0 amide bonds. The van der Waals surface area contributed by atoms with Crippen LogP contribution in [0, 0.1) is 0 Å². The third kappa shape index (κ3) is 8.38. The van der Waals surface area contributed by atoms with Crippen molar-refractivity contribution in [2.75, 3.05) is 12.9 Å². The number of esters is 1. The van der Waals surface area contributed by atoms with Crippen LogP contribution in [-0.4, -0.2) is 31.8 Å². The second kappa shape index (κ2) is 5.09. The van der Waals surface area contributed by atoms with E-state index in [1.807, 2.05) is 0 Å². The molecule has 56 valence electrons. The predicted molar refractivity (Wildman–Crippen MR) is 29.5 cm³/mol. The molecule has 0 spiro atoms. The van der Waals surface area contributed by atoms with Crippen molar-refractivity contribution in [1.29, 1.82) is 0 Å². The van der Waals surface area contributed by atoms with Gasteiger partial charge in [-0.3, -0.25) is 9.35 Å². The Morgan fingerprint density at radius 3 is 2.20 bits per heavy atom. The van der Waals surface area contributed by atoms with E-state index in [0.717, 1.165) is 7.11 Å². The van der Waals surface area contributed by atoms with Crippen LogP contribution >= 0.6 is 0 Å². The molecule has 0 radical (unpaired) electrons. The first-order valence-corrected chi connectivity index (χ1v) is 3.58. The van der Waals surface area contributed by atoms with Gasteiger partial charge in [-0.2, -0.15) is 8.42 Å². The molecule has 0 saturated carbocycles. The molecule has 5 nitrogen and oxygen atoms in total. The number of ether oxygens (including phenoxy) is 1.